The van der Waals surface area contributed by atoms with E-state index in [9.17, 15) is 13.6 Å². The van der Waals surface area contributed by atoms with E-state index in [1.165, 1.54) is 6.07 Å². The number of pyridine rings is 1. The Morgan fingerprint density at radius 3 is 2.44 bits per heavy atom. The van der Waals surface area contributed by atoms with Gasteiger partial charge in [-0.3, -0.25) is 9.78 Å². The zero-order valence-electron chi connectivity index (χ0n) is 8.75. The predicted molar refractivity (Wildman–Crippen MR) is 65.0 cm³/mol. The summed E-state index contributed by atoms with van der Waals surface area (Å²) in [7, 11) is 0. The lowest BCUT2D eigenvalue weighted by molar-refractivity contribution is 0.112. The van der Waals surface area contributed by atoms with E-state index in [4.69, 9.17) is 23.2 Å². The van der Waals surface area contributed by atoms with Gasteiger partial charge in [0.25, 0.3) is 0 Å². The third kappa shape index (κ3) is 2.35. The fourth-order valence-corrected chi connectivity index (χ4v) is 1.90. The molecule has 0 aliphatic heterocycles. The van der Waals surface area contributed by atoms with Crippen molar-refractivity contribution in [3.63, 3.8) is 0 Å². The predicted octanol–water partition coefficient (Wildman–Crippen LogP) is 4.15. The molecule has 0 radical (unpaired) electrons. The summed E-state index contributed by atoms with van der Waals surface area (Å²) in [6, 6.07) is 3.22. The van der Waals surface area contributed by atoms with Crippen molar-refractivity contribution in [1.29, 1.82) is 0 Å². The summed E-state index contributed by atoms with van der Waals surface area (Å²) in [4.78, 5) is 14.4. The zero-order chi connectivity index (χ0) is 13.3. The van der Waals surface area contributed by atoms with Gasteiger partial charge in [-0.05, 0) is 18.2 Å². The molecular weight excluding hydrogens is 283 g/mol. The van der Waals surface area contributed by atoms with Crippen molar-refractivity contribution in [3.05, 3.63) is 51.6 Å². The van der Waals surface area contributed by atoms with Crippen molar-refractivity contribution >= 4 is 29.5 Å². The Balaban J connectivity index is 2.66. The van der Waals surface area contributed by atoms with Crippen molar-refractivity contribution in [2.24, 2.45) is 0 Å². The molecule has 0 aliphatic carbocycles. The minimum absolute atomic E-state index is 0.00787. The van der Waals surface area contributed by atoms with Crippen LogP contribution in [0.4, 0.5) is 8.78 Å². The molecule has 2 nitrogen and oxygen atoms in total. The first-order valence-electron chi connectivity index (χ1n) is 4.78. The molecule has 0 atom stereocenters. The molecule has 1 heterocycles. The summed E-state index contributed by atoms with van der Waals surface area (Å²) < 4.78 is 26.6. The normalized spacial score (nSPS) is 10.4. The summed E-state index contributed by atoms with van der Waals surface area (Å²) in [6.45, 7) is 0. The number of carbonyl (C=O) groups is 1. The maximum absolute atomic E-state index is 13.7. The van der Waals surface area contributed by atoms with Crippen molar-refractivity contribution < 1.29 is 13.6 Å². The highest BCUT2D eigenvalue weighted by Gasteiger charge is 2.14. The van der Waals surface area contributed by atoms with E-state index in [0.29, 0.717) is 6.29 Å². The number of hydrogen-bond donors (Lipinski definition) is 0. The lowest BCUT2D eigenvalue weighted by Gasteiger charge is -2.07. The third-order valence-corrected chi connectivity index (χ3v) is 2.89. The molecule has 0 N–H and O–H groups in total. The lowest BCUT2D eigenvalue weighted by atomic mass is 10.1. The number of hydrogen-bond acceptors (Lipinski definition) is 2. The molecule has 1 aromatic carbocycles. The molecule has 1 aromatic heterocycles. The van der Waals surface area contributed by atoms with E-state index in [1.807, 2.05) is 0 Å². The van der Waals surface area contributed by atoms with Crippen molar-refractivity contribution in [2.75, 3.05) is 0 Å². The van der Waals surface area contributed by atoms with Crippen molar-refractivity contribution in [3.8, 4) is 11.3 Å². The van der Waals surface area contributed by atoms with Crippen LogP contribution in [-0.4, -0.2) is 11.3 Å². The van der Waals surface area contributed by atoms with Crippen molar-refractivity contribution in [2.45, 2.75) is 0 Å². The van der Waals surface area contributed by atoms with Crippen LogP contribution < -0.4 is 0 Å². The number of rotatable bonds is 2. The molecule has 0 saturated heterocycles. The van der Waals surface area contributed by atoms with Crippen molar-refractivity contribution in [1.82, 2.24) is 4.98 Å². The molecule has 0 aliphatic rings. The van der Waals surface area contributed by atoms with Crippen LogP contribution in [0.1, 0.15) is 10.4 Å². The zero-order valence-corrected chi connectivity index (χ0v) is 10.3. The smallest absolute Gasteiger partial charge is 0.151 e. The maximum Gasteiger partial charge on any atom is 0.151 e. The summed E-state index contributed by atoms with van der Waals surface area (Å²) in [5, 5.41) is -0.0578. The Bertz CT molecular complexity index is 632. The number of aldehydes is 1. The highest BCUT2D eigenvalue weighted by molar-refractivity contribution is 6.34. The largest absolute Gasteiger partial charge is 0.298 e. The first kappa shape index (κ1) is 12.9. The van der Waals surface area contributed by atoms with E-state index in [-0.39, 0.29) is 26.9 Å². The second-order valence-electron chi connectivity index (χ2n) is 3.46. The number of nitrogens with zero attached hydrogens (tertiary/aromatic N) is 1. The quantitative estimate of drug-likeness (QED) is 0.777. The fraction of sp³-hybridized carbons (Fsp3) is 0. The van der Waals surface area contributed by atoms with Crippen LogP contribution in [0.25, 0.3) is 11.3 Å². The standard InChI is InChI=1S/C12H5Cl2F2NO/c13-9-3-11(16)8(1-6(9)5-18)12-10(14)2-7(15)4-17-12/h1-5H. The van der Waals surface area contributed by atoms with Gasteiger partial charge in [0.05, 0.1) is 21.9 Å². The second kappa shape index (κ2) is 5.00. The lowest BCUT2D eigenvalue weighted by Crippen LogP contribution is -1.94. The van der Waals surface area contributed by atoms with Gasteiger partial charge in [-0.1, -0.05) is 23.2 Å². The Labute approximate surface area is 111 Å². The van der Waals surface area contributed by atoms with Crippen LogP contribution >= 0.6 is 23.2 Å². The monoisotopic (exact) mass is 287 g/mol. The summed E-state index contributed by atoms with van der Waals surface area (Å²) in [5.41, 5.74) is 0.150. The van der Waals surface area contributed by atoms with Gasteiger partial charge in [-0.25, -0.2) is 8.78 Å². The minimum Gasteiger partial charge on any atom is -0.298 e. The average molecular weight is 288 g/mol. The maximum atomic E-state index is 13.7. The molecule has 0 amide bonds. The molecule has 0 saturated carbocycles. The Morgan fingerprint density at radius 1 is 1.11 bits per heavy atom. The van der Waals surface area contributed by atoms with E-state index < -0.39 is 11.6 Å². The van der Waals surface area contributed by atoms with Gasteiger partial charge in [0.1, 0.15) is 11.6 Å². The Kier molecular flexibility index (Phi) is 3.59. The second-order valence-corrected chi connectivity index (χ2v) is 4.27. The van der Waals surface area contributed by atoms with Crippen LogP contribution in [-0.2, 0) is 0 Å². The fourth-order valence-electron chi connectivity index (χ4n) is 1.45. The number of carbonyl (C=O) groups excluding carboxylic acids is 1. The van der Waals surface area contributed by atoms with Crippen LogP contribution in [0.15, 0.2) is 24.4 Å². The van der Waals surface area contributed by atoms with E-state index in [1.54, 1.807) is 0 Å². The van der Waals surface area contributed by atoms with Gasteiger partial charge in [-0.2, -0.15) is 0 Å². The van der Waals surface area contributed by atoms with E-state index in [2.05, 4.69) is 4.98 Å². The SMILES string of the molecule is O=Cc1cc(-c2ncc(F)cc2Cl)c(F)cc1Cl. The first-order chi connectivity index (χ1) is 8.52. The Morgan fingerprint density at radius 2 is 1.83 bits per heavy atom. The minimum atomic E-state index is -0.688. The Hall–Kier alpha value is -1.52. The highest BCUT2D eigenvalue weighted by atomic mass is 35.5. The number of aromatic nitrogens is 1. The number of benzene rings is 1. The average Bonchev–Trinajstić information content (AvgIpc) is 2.30. The molecule has 2 aromatic rings. The molecule has 6 heteroatoms. The molecule has 0 unspecified atom stereocenters. The summed E-state index contributed by atoms with van der Waals surface area (Å²) >= 11 is 11.5. The van der Waals surface area contributed by atoms with Gasteiger partial charge in [0.15, 0.2) is 6.29 Å². The molecule has 92 valence electrons. The van der Waals surface area contributed by atoms with Gasteiger partial charge in [0.2, 0.25) is 0 Å². The van der Waals surface area contributed by atoms with Crippen LogP contribution in [0, 0.1) is 11.6 Å². The van der Waals surface area contributed by atoms with E-state index in [0.717, 1.165) is 18.3 Å². The first-order valence-corrected chi connectivity index (χ1v) is 5.54. The van der Waals surface area contributed by atoms with Gasteiger partial charge in [-0.15, -0.1) is 0 Å². The van der Waals surface area contributed by atoms with Gasteiger partial charge < -0.3 is 0 Å². The summed E-state index contributed by atoms with van der Waals surface area (Å²) in [6.07, 6.45) is 1.40. The molecular formula is C12H5Cl2F2NO. The third-order valence-electron chi connectivity index (χ3n) is 2.28. The van der Waals surface area contributed by atoms with Crippen LogP contribution in [0.3, 0.4) is 0 Å². The molecule has 0 spiro atoms. The molecule has 0 bridgehead atoms. The van der Waals surface area contributed by atoms with Crippen LogP contribution in [0.2, 0.25) is 10.0 Å². The topological polar surface area (TPSA) is 30.0 Å². The molecule has 2 rings (SSSR count). The summed E-state index contributed by atoms with van der Waals surface area (Å²) in [5.74, 6) is -1.32. The van der Waals surface area contributed by atoms with Crippen LogP contribution in [0.5, 0.6) is 0 Å². The van der Waals surface area contributed by atoms with Gasteiger partial charge >= 0.3 is 0 Å². The molecule has 18 heavy (non-hydrogen) atoms. The highest BCUT2D eigenvalue weighted by Crippen LogP contribution is 2.31. The van der Waals surface area contributed by atoms with E-state index >= 15 is 0 Å². The number of halogens is 4. The van der Waals surface area contributed by atoms with Gasteiger partial charge in [0, 0.05) is 11.1 Å². The molecule has 0 fully saturated rings.